The monoisotopic (exact) mass is 427 g/mol. The SMILES string of the molecule is CN(C)C(CNC(=O)c1cccc(NC(=O)C2CCCCC2)c1)c1ccccc1Cl. The summed E-state index contributed by atoms with van der Waals surface area (Å²) in [6, 6.07) is 14.7. The summed E-state index contributed by atoms with van der Waals surface area (Å²) in [4.78, 5) is 27.3. The molecule has 0 heterocycles. The lowest BCUT2D eigenvalue weighted by molar-refractivity contribution is -0.120. The molecule has 1 atom stereocenters. The number of hydrogen-bond donors (Lipinski definition) is 2. The molecule has 1 saturated carbocycles. The van der Waals surface area contributed by atoms with Crippen LogP contribution in [-0.4, -0.2) is 37.4 Å². The Morgan fingerprint density at radius 1 is 1.07 bits per heavy atom. The van der Waals surface area contributed by atoms with E-state index >= 15 is 0 Å². The van der Waals surface area contributed by atoms with Crippen LogP contribution in [0.4, 0.5) is 5.69 Å². The molecular weight excluding hydrogens is 398 g/mol. The maximum Gasteiger partial charge on any atom is 0.251 e. The van der Waals surface area contributed by atoms with E-state index in [0.717, 1.165) is 31.2 Å². The van der Waals surface area contributed by atoms with Crippen molar-refractivity contribution in [2.24, 2.45) is 5.92 Å². The Morgan fingerprint density at radius 2 is 1.80 bits per heavy atom. The molecule has 2 amide bonds. The molecule has 0 bridgehead atoms. The van der Waals surface area contributed by atoms with E-state index in [2.05, 4.69) is 10.6 Å². The predicted octanol–water partition coefficient (Wildman–Crippen LogP) is 4.89. The van der Waals surface area contributed by atoms with E-state index in [1.807, 2.05) is 49.3 Å². The smallest absolute Gasteiger partial charge is 0.251 e. The number of carbonyl (C=O) groups is 2. The average Bonchev–Trinajstić information content (AvgIpc) is 2.75. The van der Waals surface area contributed by atoms with E-state index < -0.39 is 0 Å². The molecule has 6 heteroatoms. The van der Waals surface area contributed by atoms with Crippen molar-refractivity contribution in [1.82, 2.24) is 10.2 Å². The molecule has 160 valence electrons. The lowest BCUT2D eigenvalue weighted by Gasteiger charge is -2.26. The maximum absolute atomic E-state index is 12.8. The minimum atomic E-state index is -0.178. The minimum absolute atomic E-state index is 0.0446. The van der Waals surface area contributed by atoms with E-state index in [9.17, 15) is 9.59 Å². The molecule has 1 unspecified atom stereocenters. The minimum Gasteiger partial charge on any atom is -0.350 e. The van der Waals surface area contributed by atoms with Gasteiger partial charge in [0.2, 0.25) is 5.91 Å². The Kier molecular flexibility index (Phi) is 7.88. The molecule has 1 aliphatic carbocycles. The molecule has 0 saturated heterocycles. The van der Waals surface area contributed by atoms with Gasteiger partial charge in [0.05, 0.1) is 6.04 Å². The van der Waals surface area contributed by atoms with Crippen molar-refractivity contribution < 1.29 is 9.59 Å². The molecule has 0 aliphatic heterocycles. The number of likely N-dealkylation sites (N-methyl/N-ethyl adjacent to an activating group) is 1. The van der Waals surface area contributed by atoms with Crippen LogP contribution in [0.3, 0.4) is 0 Å². The summed E-state index contributed by atoms with van der Waals surface area (Å²) >= 11 is 6.35. The van der Waals surface area contributed by atoms with Crippen LogP contribution in [0.5, 0.6) is 0 Å². The molecule has 0 aromatic heterocycles. The molecule has 0 spiro atoms. The number of hydrogen-bond acceptors (Lipinski definition) is 3. The molecule has 3 rings (SSSR count). The van der Waals surface area contributed by atoms with Crippen molar-refractivity contribution in [2.75, 3.05) is 26.0 Å². The van der Waals surface area contributed by atoms with Gasteiger partial charge in [0.1, 0.15) is 0 Å². The van der Waals surface area contributed by atoms with Gasteiger partial charge in [-0.2, -0.15) is 0 Å². The number of anilines is 1. The van der Waals surface area contributed by atoms with Crippen LogP contribution in [0.25, 0.3) is 0 Å². The molecule has 2 aromatic rings. The number of nitrogens with one attached hydrogen (secondary N) is 2. The van der Waals surface area contributed by atoms with Crippen LogP contribution in [0.15, 0.2) is 48.5 Å². The number of halogens is 1. The third-order valence-corrected chi connectivity index (χ3v) is 6.06. The second-order valence-electron chi connectivity index (χ2n) is 8.12. The van der Waals surface area contributed by atoms with E-state index in [4.69, 9.17) is 11.6 Å². The van der Waals surface area contributed by atoms with Crippen LogP contribution in [0, 0.1) is 5.92 Å². The predicted molar refractivity (Wildman–Crippen MR) is 122 cm³/mol. The first-order valence-electron chi connectivity index (χ1n) is 10.6. The van der Waals surface area contributed by atoms with E-state index in [1.165, 1.54) is 6.42 Å². The number of nitrogens with zero attached hydrogens (tertiary/aromatic N) is 1. The zero-order valence-electron chi connectivity index (χ0n) is 17.7. The van der Waals surface area contributed by atoms with Crippen molar-refractivity contribution in [3.05, 3.63) is 64.7 Å². The number of carbonyl (C=O) groups excluding carboxylic acids is 2. The summed E-state index contributed by atoms with van der Waals surface area (Å²) in [7, 11) is 3.92. The van der Waals surface area contributed by atoms with E-state index in [1.54, 1.807) is 18.2 Å². The Hall–Kier alpha value is -2.37. The standard InChI is InChI=1S/C24H30ClN3O2/c1-28(2)22(20-13-6-7-14-21(20)25)16-26-23(29)18-11-8-12-19(15-18)27-24(30)17-9-4-3-5-10-17/h6-8,11-15,17,22H,3-5,9-10,16H2,1-2H3,(H,26,29)(H,27,30). The molecular formula is C24H30ClN3O2. The lowest BCUT2D eigenvalue weighted by atomic mass is 9.88. The van der Waals surface area contributed by atoms with Crippen LogP contribution in [-0.2, 0) is 4.79 Å². The van der Waals surface area contributed by atoms with E-state index in [0.29, 0.717) is 22.8 Å². The van der Waals surface area contributed by atoms with Crippen LogP contribution in [0.2, 0.25) is 5.02 Å². The van der Waals surface area contributed by atoms with Gasteiger partial charge in [-0.15, -0.1) is 0 Å². The zero-order chi connectivity index (χ0) is 21.5. The highest BCUT2D eigenvalue weighted by Gasteiger charge is 2.22. The molecule has 30 heavy (non-hydrogen) atoms. The summed E-state index contributed by atoms with van der Waals surface area (Å²) < 4.78 is 0. The normalized spacial score (nSPS) is 15.6. The molecule has 1 aliphatic rings. The third-order valence-electron chi connectivity index (χ3n) is 5.71. The summed E-state index contributed by atoms with van der Waals surface area (Å²) in [5.41, 5.74) is 2.15. The van der Waals surface area contributed by atoms with Gasteiger partial charge in [0.15, 0.2) is 0 Å². The molecule has 2 N–H and O–H groups in total. The fraction of sp³-hybridized carbons (Fsp3) is 0.417. The number of amides is 2. The van der Waals surface area contributed by atoms with Crippen molar-refractivity contribution >= 4 is 29.1 Å². The van der Waals surface area contributed by atoms with E-state index in [-0.39, 0.29) is 23.8 Å². The van der Waals surface area contributed by atoms with Crippen LogP contribution >= 0.6 is 11.6 Å². The quantitative estimate of drug-likeness (QED) is 0.661. The first kappa shape index (κ1) is 22.3. The Balaban J connectivity index is 1.63. The summed E-state index contributed by atoms with van der Waals surface area (Å²) in [5, 5.41) is 6.66. The lowest BCUT2D eigenvalue weighted by Crippen LogP contribution is -2.34. The summed E-state index contributed by atoms with van der Waals surface area (Å²) in [5.74, 6) is -0.0472. The van der Waals surface area contributed by atoms with Gasteiger partial charge in [-0.05, 0) is 56.8 Å². The third kappa shape index (κ3) is 5.83. The van der Waals surface area contributed by atoms with Gasteiger partial charge in [-0.25, -0.2) is 0 Å². The highest BCUT2D eigenvalue weighted by Crippen LogP contribution is 2.26. The average molecular weight is 428 g/mol. The van der Waals surface area contributed by atoms with Crippen LogP contribution in [0.1, 0.15) is 54.1 Å². The van der Waals surface area contributed by atoms with Gasteiger partial charge in [0, 0.05) is 28.7 Å². The highest BCUT2D eigenvalue weighted by molar-refractivity contribution is 6.31. The second-order valence-corrected chi connectivity index (χ2v) is 8.52. The second kappa shape index (κ2) is 10.6. The Morgan fingerprint density at radius 3 is 2.50 bits per heavy atom. The highest BCUT2D eigenvalue weighted by atomic mass is 35.5. The number of rotatable bonds is 7. The van der Waals surface area contributed by atoms with Gasteiger partial charge in [0.25, 0.3) is 5.91 Å². The first-order chi connectivity index (χ1) is 14.5. The summed E-state index contributed by atoms with van der Waals surface area (Å²) in [6.45, 7) is 0.425. The van der Waals surface area contributed by atoms with Gasteiger partial charge in [-0.1, -0.05) is 55.1 Å². The Bertz CT molecular complexity index is 878. The number of benzene rings is 2. The van der Waals surface area contributed by atoms with Gasteiger partial charge in [-0.3, -0.25) is 9.59 Å². The Labute approximate surface area is 183 Å². The van der Waals surface area contributed by atoms with Crippen LogP contribution < -0.4 is 10.6 Å². The maximum atomic E-state index is 12.8. The first-order valence-corrected chi connectivity index (χ1v) is 10.9. The molecule has 0 radical (unpaired) electrons. The largest absolute Gasteiger partial charge is 0.350 e. The fourth-order valence-electron chi connectivity index (χ4n) is 3.95. The topological polar surface area (TPSA) is 61.4 Å². The van der Waals surface area contributed by atoms with Gasteiger partial charge < -0.3 is 15.5 Å². The van der Waals surface area contributed by atoms with Gasteiger partial charge >= 0.3 is 0 Å². The molecule has 2 aromatic carbocycles. The fourth-order valence-corrected chi connectivity index (χ4v) is 4.22. The molecule has 1 fully saturated rings. The zero-order valence-corrected chi connectivity index (χ0v) is 18.4. The van der Waals surface area contributed by atoms with Crippen molar-refractivity contribution in [2.45, 2.75) is 38.1 Å². The summed E-state index contributed by atoms with van der Waals surface area (Å²) in [6.07, 6.45) is 5.32. The van der Waals surface area contributed by atoms with Crippen molar-refractivity contribution in [3.63, 3.8) is 0 Å². The molecule has 5 nitrogen and oxygen atoms in total. The van der Waals surface area contributed by atoms with Crippen molar-refractivity contribution in [3.8, 4) is 0 Å². The van der Waals surface area contributed by atoms with Crippen molar-refractivity contribution in [1.29, 1.82) is 0 Å².